The summed E-state index contributed by atoms with van der Waals surface area (Å²) in [5, 5.41) is -0.359. The predicted octanol–water partition coefficient (Wildman–Crippen LogP) is 3.85. The third-order valence-corrected chi connectivity index (χ3v) is 4.64. The third kappa shape index (κ3) is 2.78. The Hall–Kier alpha value is -1.88. The van der Waals surface area contributed by atoms with Gasteiger partial charge in [-0.1, -0.05) is 24.3 Å². The SMILES string of the molecule is O=C(c1cccc(F)c1)N1CCSC1c1ccccc1F. The van der Waals surface area contributed by atoms with Crippen LogP contribution in [0.5, 0.6) is 0 Å². The van der Waals surface area contributed by atoms with Crippen molar-refractivity contribution in [2.24, 2.45) is 0 Å². The minimum atomic E-state index is -0.449. The quantitative estimate of drug-likeness (QED) is 0.840. The van der Waals surface area contributed by atoms with E-state index < -0.39 is 5.82 Å². The van der Waals surface area contributed by atoms with Gasteiger partial charge in [0.25, 0.3) is 5.91 Å². The largest absolute Gasteiger partial charge is 0.322 e. The van der Waals surface area contributed by atoms with E-state index in [9.17, 15) is 13.6 Å². The monoisotopic (exact) mass is 305 g/mol. The molecule has 21 heavy (non-hydrogen) atoms. The van der Waals surface area contributed by atoms with Gasteiger partial charge in [0.2, 0.25) is 0 Å². The first kappa shape index (κ1) is 14.1. The molecular weight excluding hydrogens is 292 g/mol. The number of nitrogens with zero attached hydrogens (tertiary/aromatic N) is 1. The molecule has 2 nitrogen and oxygen atoms in total. The van der Waals surface area contributed by atoms with Crippen LogP contribution >= 0.6 is 11.8 Å². The van der Waals surface area contributed by atoms with Gasteiger partial charge in [0.05, 0.1) is 0 Å². The number of halogens is 2. The average Bonchev–Trinajstić information content (AvgIpc) is 2.96. The first-order valence-electron chi connectivity index (χ1n) is 6.59. The molecule has 0 aromatic heterocycles. The summed E-state index contributed by atoms with van der Waals surface area (Å²) in [6.45, 7) is 0.527. The van der Waals surface area contributed by atoms with E-state index in [1.807, 2.05) is 0 Å². The van der Waals surface area contributed by atoms with Crippen molar-refractivity contribution in [1.29, 1.82) is 0 Å². The highest BCUT2D eigenvalue weighted by atomic mass is 32.2. The maximum absolute atomic E-state index is 13.9. The summed E-state index contributed by atoms with van der Waals surface area (Å²) in [5.41, 5.74) is 0.781. The fourth-order valence-corrected chi connectivity index (χ4v) is 3.68. The second-order valence-electron chi connectivity index (χ2n) is 4.75. The minimum absolute atomic E-state index is 0.271. The Balaban J connectivity index is 1.91. The lowest BCUT2D eigenvalue weighted by Gasteiger charge is -2.24. The van der Waals surface area contributed by atoms with E-state index >= 15 is 0 Å². The van der Waals surface area contributed by atoms with Crippen LogP contribution in [0.2, 0.25) is 0 Å². The Morgan fingerprint density at radius 2 is 1.95 bits per heavy atom. The van der Waals surface area contributed by atoms with Crippen LogP contribution in [0.1, 0.15) is 21.3 Å². The van der Waals surface area contributed by atoms with Gasteiger partial charge in [-0.3, -0.25) is 4.79 Å². The molecule has 0 saturated carbocycles. The van der Waals surface area contributed by atoms with Crippen LogP contribution < -0.4 is 0 Å². The van der Waals surface area contributed by atoms with Crippen molar-refractivity contribution >= 4 is 17.7 Å². The molecule has 1 heterocycles. The number of carbonyl (C=O) groups is 1. The smallest absolute Gasteiger partial charge is 0.255 e. The van der Waals surface area contributed by atoms with Gasteiger partial charge < -0.3 is 4.90 Å². The number of thioether (sulfide) groups is 1. The number of amides is 1. The Morgan fingerprint density at radius 3 is 2.71 bits per heavy atom. The van der Waals surface area contributed by atoms with Gasteiger partial charge in [-0.05, 0) is 24.3 Å². The average molecular weight is 305 g/mol. The molecule has 0 spiro atoms. The van der Waals surface area contributed by atoms with Gasteiger partial charge in [0.15, 0.2) is 0 Å². The molecule has 2 aromatic carbocycles. The lowest BCUT2D eigenvalue weighted by Crippen LogP contribution is -2.30. The Morgan fingerprint density at radius 1 is 1.14 bits per heavy atom. The van der Waals surface area contributed by atoms with Crippen LogP contribution in [0.15, 0.2) is 48.5 Å². The molecule has 0 bridgehead atoms. The number of rotatable bonds is 2. The topological polar surface area (TPSA) is 20.3 Å². The normalized spacial score (nSPS) is 18.0. The van der Waals surface area contributed by atoms with Crippen molar-refractivity contribution in [1.82, 2.24) is 4.90 Å². The minimum Gasteiger partial charge on any atom is -0.322 e. The molecule has 0 radical (unpaired) electrons. The fourth-order valence-electron chi connectivity index (χ4n) is 2.40. The van der Waals surface area contributed by atoms with Gasteiger partial charge in [-0.15, -0.1) is 11.8 Å². The molecule has 0 aliphatic carbocycles. The molecule has 5 heteroatoms. The molecule has 3 rings (SSSR count). The van der Waals surface area contributed by atoms with Crippen LogP contribution in [0.4, 0.5) is 8.78 Å². The standard InChI is InChI=1S/C16H13F2NOS/c17-12-5-3-4-11(10-12)15(20)19-8-9-21-16(19)13-6-1-2-7-14(13)18/h1-7,10,16H,8-9H2. The van der Waals surface area contributed by atoms with Crippen LogP contribution in [0, 0.1) is 11.6 Å². The zero-order valence-electron chi connectivity index (χ0n) is 11.1. The summed E-state index contributed by atoms with van der Waals surface area (Å²) >= 11 is 1.52. The maximum atomic E-state index is 13.9. The van der Waals surface area contributed by atoms with Gasteiger partial charge in [-0.25, -0.2) is 8.78 Å². The van der Waals surface area contributed by atoms with E-state index in [1.54, 1.807) is 29.2 Å². The third-order valence-electron chi connectivity index (χ3n) is 3.39. The Kier molecular flexibility index (Phi) is 3.92. The molecule has 1 saturated heterocycles. The first-order chi connectivity index (χ1) is 10.2. The molecule has 1 aliphatic heterocycles. The van der Waals surface area contributed by atoms with Crippen molar-refractivity contribution in [3.8, 4) is 0 Å². The van der Waals surface area contributed by atoms with Gasteiger partial charge in [0.1, 0.15) is 17.0 Å². The molecule has 1 unspecified atom stereocenters. The fraction of sp³-hybridized carbons (Fsp3) is 0.188. The summed E-state index contributed by atoms with van der Waals surface area (Å²) in [6.07, 6.45) is 0. The predicted molar refractivity (Wildman–Crippen MR) is 79.0 cm³/mol. The lowest BCUT2D eigenvalue weighted by atomic mass is 10.1. The van der Waals surface area contributed by atoms with E-state index in [2.05, 4.69) is 0 Å². The van der Waals surface area contributed by atoms with Crippen molar-refractivity contribution < 1.29 is 13.6 Å². The van der Waals surface area contributed by atoms with E-state index in [0.29, 0.717) is 17.7 Å². The Bertz CT molecular complexity index is 677. The summed E-state index contributed by atoms with van der Waals surface area (Å²) in [6, 6.07) is 12.0. The van der Waals surface area contributed by atoms with Crippen LogP contribution in [0.25, 0.3) is 0 Å². The highest BCUT2D eigenvalue weighted by Crippen LogP contribution is 2.39. The number of benzene rings is 2. The zero-order chi connectivity index (χ0) is 14.8. The number of hydrogen-bond acceptors (Lipinski definition) is 2. The van der Waals surface area contributed by atoms with Gasteiger partial charge in [-0.2, -0.15) is 0 Å². The summed E-state index contributed by atoms with van der Waals surface area (Å²) < 4.78 is 27.2. The lowest BCUT2D eigenvalue weighted by molar-refractivity contribution is 0.0758. The van der Waals surface area contributed by atoms with Crippen LogP contribution in [-0.2, 0) is 0 Å². The maximum Gasteiger partial charge on any atom is 0.255 e. The van der Waals surface area contributed by atoms with E-state index in [4.69, 9.17) is 0 Å². The van der Waals surface area contributed by atoms with Crippen molar-refractivity contribution in [3.63, 3.8) is 0 Å². The molecule has 2 aromatic rings. The second-order valence-corrected chi connectivity index (χ2v) is 5.94. The molecule has 1 aliphatic rings. The zero-order valence-corrected chi connectivity index (χ0v) is 11.9. The molecule has 1 amide bonds. The number of carbonyl (C=O) groups excluding carboxylic acids is 1. The van der Waals surface area contributed by atoms with Crippen LogP contribution in [-0.4, -0.2) is 23.1 Å². The van der Waals surface area contributed by atoms with E-state index in [-0.39, 0.29) is 17.1 Å². The van der Waals surface area contributed by atoms with Gasteiger partial charge in [0, 0.05) is 23.4 Å². The Labute approximate surface area is 125 Å². The summed E-state index contributed by atoms with van der Waals surface area (Å²) in [5.74, 6) is -0.308. The van der Waals surface area contributed by atoms with Crippen molar-refractivity contribution in [2.75, 3.05) is 12.3 Å². The van der Waals surface area contributed by atoms with Crippen molar-refractivity contribution in [2.45, 2.75) is 5.37 Å². The molecule has 1 fully saturated rings. The van der Waals surface area contributed by atoms with Gasteiger partial charge >= 0.3 is 0 Å². The number of hydrogen-bond donors (Lipinski definition) is 0. The first-order valence-corrected chi connectivity index (χ1v) is 7.64. The molecular formula is C16H13F2NOS. The second kappa shape index (κ2) is 5.85. The highest BCUT2D eigenvalue weighted by Gasteiger charge is 2.32. The highest BCUT2D eigenvalue weighted by molar-refractivity contribution is 7.99. The molecule has 0 N–H and O–H groups in total. The van der Waals surface area contributed by atoms with E-state index in [1.165, 1.54) is 36.0 Å². The summed E-state index contributed by atoms with van der Waals surface area (Å²) in [4.78, 5) is 14.1. The molecule has 108 valence electrons. The molecule has 1 atom stereocenters. The van der Waals surface area contributed by atoms with E-state index in [0.717, 1.165) is 5.75 Å². The van der Waals surface area contributed by atoms with Crippen molar-refractivity contribution in [3.05, 3.63) is 71.3 Å². The summed E-state index contributed by atoms with van der Waals surface area (Å²) in [7, 11) is 0. The van der Waals surface area contributed by atoms with Crippen LogP contribution in [0.3, 0.4) is 0 Å².